The van der Waals surface area contributed by atoms with Crippen LogP contribution in [0.4, 0.5) is 0 Å². The Bertz CT molecular complexity index is 674. The third-order valence-electron chi connectivity index (χ3n) is 4.17. The molecule has 1 aromatic rings. The van der Waals surface area contributed by atoms with E-state index in [1.165, 1.54) is 11.3 Å². The number of carbonyl (C=O) groups is 2. The third kappa shape index (κ3) is 6.09. The molecular formula is C16H25N3O4S2. The predicted molar refractivity (Wildman–Crippen MR) is 98.0 cm³/mol. The van der Waals surface area contributed by atoms with Crippen LogP contribution in [-0.4, -0.2) is 57.1 Å². The van der Waals surface area contributed by atoms with Gasteiger partial charge in [-0.2, -0.15) is 0 Å². The summed E-state index contributed by atoms with van der Waals surface area (Å²) in [6.07, 6.45) is 2.11. The molecule has 0 spiro atoms. The summed E-state index contributed by atoms with van der Waals surface area (Å²) in [4.78, 5) is 27.1. The van der Waals surface area contributed by atoms with Gasteiger partial charge in [0, 0.05) is 26.2 Å². The van der Waals surface area contributed by atoms with E-state index in [0.717, 1.165) is 12.8 Å². The molecule has 0 saturated carbocycles. The predicted octanol–water partition coefficient (Wildman–Crippen LogP) is 1.05. The number of thiophene rings is 1. The van der Waals surface area contributed by atoms with Gasteiger partial charge in [-0.15, -0.1) is 11.3 Å². The minimum absolute atomic E-state index is 0.0125. The molecule has 7 nitrogen and oxygen atoms in total. The van der Waals surface area contributed by atoms with Gasteiger partial charge in [-0.25, -0.2) is 13.1 Å². The molecule has 2 amide bonds. The number of carbonyl (C=O) groups excluding carboxylic acids is 2. The van der Waals surface area contributed by atoms with Gasteiger partial charge in [0.05, 0.1) is 16.5 Å². The number of nitrogens with one attached hydrogen (secondary N) is 2. The van der Waals surface area contributed by atoms with E-state index in [1.54, 1.807) is 17.9 Å². The SMILES string of the molecule is CCS(=O)(=O)NCCCNC(=O)[C@H]1CCCN(C(=O)c2cccs2)C1. The fourth-order valence-corrected chi connectivity index (χ4v) is 4.06. The molecule has 2 heterocycles. The molecular weight excluding hydrogens is 362 g/mol. The van der Waals surface area contributed by atoms with Crippen LogP contribution in [0.1, 0.15) is 35.9 Å². The Kier molecular flexibility index (Phi) is 7.39. The molecule has 1 aliphatic rings. The fourth-order valence-electron chi connectivity index (χ4n) is 2.71. The molecule has 2 N–H and O–H groups in total. The molecule has 2 rings (SSSR count). The molecule has 1 aliphatic heterocycles. The zero-order chi connectivity index (χ0) is 18.3. The van der Waals surface area contributed by atoms with E-state index >= 15 is 0 Å². The van der Waals surface area contributed by atoms with Crippen LogP contribution in [0.2, 0.25) is 0 Å². The second-order valence-corrected chi connectivity index (χ2v) is 9.05. The van der Waals surface area contributed by atoms with E-state index in [1.807, 2.05) is 11.4 Å². The Labute approximate surface area is 152 Å². The van der Waals surface area contributed by atoms with Crippen LogP contribution in [0.3, 0.4) is 0 Å². The Hall–Kier alpha value is -1.45. The first kappa shape index (κ1) is 19.9. The molecule has 9 heteroatoms. The highest BCUT2D eigenvalue weighted by atomic mass is 32.2. The zero-order valence-corrected chi connectivity index (χ0v) is 16.0. The van der Waals surface area contributed by atoms with Gasteiger partial charge in [0.2, 0.25) is 15.9 Å². The summed E-state index contributed by atoms with van der Waals surface area (Å²) in [7, 11) is -3.18. The van der Waals surface area contributed by atoms with Crippen molar-refractivity contribution in [2.75, 3.05) is 31.9 Å². The number of piperidine rings is 1. The normalized spacial score (nSPS) is 18.1. The summed E-state index contributed by atoms with van der Waals surface area (Å²) in [5.41, 5.74) is 0. The van der Waals surface area contributed by atoms with Crippen molar-refractivity contribution in [3.63, 3.8) is 0 Å². The highest BCUT2D eigenvalue weighted by Crippen LogP contribution is 2.20. The highest BCUT2D eigenvalue weighted by Gasteiger charge is 2.29. The average molecular weight is 388 g/mol. The molecule has 1 atom stereocenters. The van der Waals surface area contributed by atoms with Crippen LogP contribution < -0.4 is 10.0 Å². The molecule has 140 valence electrons. The highest BCUT2D eigenvalue weighted by molar-refractivity contribution is 7.89. The van der Waals surface area contributed by atoms with Gasteiger partial charge in [0.25, 0.3) is 5.91 Å². The van der Waals surface area contributed by atoms with Crippen molar-refractivity contribution in [1.82, 2.24) is 14.9 Å². The van der Waals surface area contributed by atoms with E-state index in [4.69, 9.17) is 0 Å². The molecule has 1 saturated heterocycles. The van der Waals surface area contributed by atoms with Gasteiger partial charge in [-0.3, -0.25) is 9.59 Å². The first-order valence-electron chi connectivity index (χ1n) is 8.50. The first-order valence-corrected chi connectivity index (χ1v) is 11.0. The van der Waals surface area contributed by atoms with Crippen molar-refractivity contribution in [2.24, 2.45) is 5.92 Å². The van der Waals surface area contributed by atoms with E-state index < -0.39 is 10.0 Å². The molecule has 0 aromatic carbocycles. The van der Waals surface area contributed by atoms with Gasteiger partial charge < -0.3 is 10.2 Å². The summed E-state index contributed by atoms with van der Waals surface area (Å²) in [5.74, 6) is -0.233. The number of likely N-dealkylation sites (tertiary alicyclic amines) is 1. The van der Waals surface area contributed by atoms with Crippen molar-refractivity contribution in [2.45, 2.75) is 26.2 Å². The summed E-state index contributed by atoms with van der Waals surface area (Å²) >= 11 is 1.41. The van der Waals surface area contributed by atoms with Crippen molar-refractivity contribution >= 4 is 33.2 Å². The van der Waals surface area contributed by atoms with Crippen LogP contribution in [0, 0.1) is 5.92 Å². The lowest BCUT2D eigenvalue weighted by Crippen LogP contribution is -2.45. The first-order chi connectivity index (χ1) is 11.9. The smallest absolute Gasteiger partial charge is 0.263 e. The lowest BCUT2D eigenvalue weighted by Gasteiger charge is -2.31. The maximum absolute atomic E-state index is 12.4. The Balaban J connectivity index is 1.73. The minimum Gasteiger partial charge on any atom is -0.356 e. The Morgan fingerprint density at radius 1 is 1.36 bits per heavy atom. The summed E-state index contributed by atoms with van der Waals surface area (Å²) in [6.45, 7) is 3.42. The van der Waals surface area contributed by atoms with Crippen molar-refractivity contribution in [3.05, 3.63) is 22.4 Å². The fraction of sp³-hybridized carbons (Fsp3) is 0.625. The molecule has 25 heavy (non-hydrogen) atoms. The molecule has 0 bridgehead atoms. The molecule has 0 aliphatic carbocycles. The van der Waals surface area contributed by atoms with Gasteiger partial charge in [-0.1, -0.05) is 6.07 Å². The van der Waals surface area contributed by atoms with Crippen molar-refractivity contribution < 1.29 is 18.0 Å². The maximum atomic E-state index is 12.4. The largest absolute Gasteiger partial charge is 0.356 e. The van der Waals surface area contributed by atoms with Crippen molar-refractivity contribution in [1.29, 1.82) is 0 Å². The summed E-state index contributed by atoms with van der Waals surface area (Å²) in [5, 5.41) is 4.71. The lowest BCUT2D eigenvalue weighted by molar-refractivity contribution is -0.126. The Morgan fingerprint density at radius 3 is 2.84 bits per heavy atom. The van der Waals surface area contributed by atoms with Gasteiger partial charge in [0.1, 0.15) is 0 Å². The van der Waals surface area contributed by atoms with E-state index in [9.17, 15) is 18.0 Å². The monoisotopic (exact) mass is 387 g/mol. The molecule has 1 aromatic heterocycles. The standard InChI is InChI=1S/C16H25N3O4S2/c1-2-25(22,23)18-9-5-8-17-15(20)13-6-3-10-19(12-13)16(21)14-7-4-11-24-14/h4,7,11,13,18H,2-3,5-6,8-10,12H2,1H3,(H,17,20)/t13-/m0/s1. The number of hydrogen-bond donors (Lipinski definition) is 2. The summed E-state index contributed by atoms with van der Waals surface area (Å²) in [6, 6.07) is 3.65. The number of sulfonamides is 1. The van der Waals surface area contributed by atoms with E-state index in [-0.39, 0.29) is 23.5 Å². The summed E-state index contributed by atoms with van der Waals surface area (Å²) < 4.78 is 25.1. The van der Waals surface area contributed by atoms with Crippen LogP contribution in [0.15, 0.2) is 17.5 Å². The van der Waals surface area contributed by atoms with Crippen LogP contribution in [0.25, 0.3) is 0 Å². The topological polar surface area (TPSA) is 95.6 Å². The van der Waals surface area contributed by atoms with Gasteiger partial charge >= 0.3 is 0 Å². The Morgan fingerprint density at radius 2 is 2.16 bits per heavy atom. The second kappa shape index (κ2) is 9.30. The quantitative estimate of drug-likeness (QED) is 0.652. The lowest BCUT2D eigenvalue weighted by atomic mass is 9.97. The minimum atomic E-state index is -3.18. The molecule has 0 radical (unpaired) electrons. The van der Waals surface area contributed by atoms with Crippen LogP contribution in [-0.2, 0) is 14.8 Å². The number of hydrogen-bond acceptors (Lipinski definition) is 5. The van der Waals surface area contributed by atoms with Crippen LogP contribution >= 0.6 is 11.3 Å². The van der Waals surface area contributed by atoms with E-state index in [2.05, 4.69) is 10.0 Å². The van der Waals surface area contributed by atoms with Crippen LogP contribution in [0.5, 0.6) is 0 Å². The number of nitrogens with zero attached hydrogens (tertiary/aromatic N) is 1. The second-order valence-electron chi connectivity index (χ2n) is 6.01. The maximum Gasteiger partial charge on any atom is 0.263 e. The van der Waals surface area contributed by atoms with Crippen molar-refractivity contribution in [3.8, 4) is 0 Å². The number of amides is 2. The van der Waals surface area contributed by atoms with E-state index in [0.29, 0.717) is 37.5 Å². The molecule has 1 fully saturated rings. The third-order valence-corrected chi connectivity index (χ3v) is 6.43. The average Bonchev–Trinajstić information content (AvgIpc) is 3.15. The van der Waals surface area contributed by atoms with Gasteiger partial charge in [-0.05, 0) is 37.6 Å². The molecule has 0 unspecified atom stereocenters. The van der Waals surface area contributed by atoms with Gasteiger partial charge in [0.15, 0.2) is 0 Å². The zero-order valence-electron chi connectivity index (χ0n) is 14.4. The number of rotatable bonds is 8.